The number of aliphatic hydroxyl groups is 1. The van der Waals surface area contributed by atoms with Crippen molar-refractivity contribution in [3.8, 4) is 0 Å². The zero-order valence-corrected chi connectivity index (χ0v) is 11.6. The Hall–Kier alpha value is -1.16. The van der Waals surface area contributed by atoms with Crippen LogP contribution in [0.1, 0.15) is 33.1 Å². The molecule has 1 fully saturated rings. The molecule has 2 unspecified atom stereocenters. The Bertz CT molecular complexity index is 437. The van der Waals surface area contributed by atoms with Crippen LogP contribution in [0.15, 0.2) is 23.6 Å². The quantitative estimate of drug-likeness (QED) is 0.783. The first-order valence-corrected chi connectivity index (χ1v) is 6.72. The van der Waals surface area contributed by atoms with E-state index in [0.29, 0.717) is 0 Å². The van der Waals surface area contributed by atoms with E-state index in [1.165, 1.54) is 7.11 Å². The number of carbonyl (C=O) groups is 1. The Morgan fingerprint density at radius 3 is 2.68 bits per heavy atom. The molecule has 1 saturated carbocycles. The third-order valence-corrected chi connectivity index (χ3v) is 4.54. The number of esters is 1. The van der Waals surface area contributed by atoms with E-state index in [4.69, 9.17) is 0 Å². The second-order valence-electron chi connectivity index (χ2n) is 6.14. The highest BCUT2D eigenvalue weighted by atomic mass is 19.1. The van der Waals surface area contributed by atoms with Crippen molar-refractivity contribution in [2.24, 2.45) is 17.3 Å². The monoisotopic (exact) mass is 268 g/mol. The van der Waals surface area contributed by atoms with Crippen LogP contribution >= 0.6 is 0 Å². The number of aliphatic hydroxyl groups excluding tert-OH is 1. The average Bonchev–Trinajstić information content (AvgIpc) is 2.68. The first kappa shape index (κ1) is 14.3. The lowest BCUT2D eigenvalue weighted by Gasteiger charge is -2.36. The van der Waals surface area contributed by atoms with Gasteiger partial charge in [-0.1, -0.05) is 26.3 Å². The summed E-state index contributed by atoms with van der Waals surface area (Å²) in [7, 11) is 1.23. The minimum atomic E-state index is -0.865. The Labute approximate surface area is 113 Å². The summed E-state index contributed by atoms with van der Waals surface area (Å²) in [6.45, 7) is 4.33. The fraction of sp³-hybridized carbons (Fsp3) is 0.667. The molecule has 0 saturated heterocycles. The topological polar surface area (TPSA) is 46.5 Å². The minimum Gasteiger partial charge on any atom is -0.465 e. The van der Waals surface area contributed by atoms with Gasteiger partial charge in [-0.2, -0.15) is 0 Å². The third-order valence-electron chi connectivity index (χ3n) is 4.54. The van der Waals surface area contributed by atoms with Crippen LogP contribution in [-0.4, -0.2) is 24.3 Å². The van der Waals surface area contributed by atoms with E-state index in [9.17, 15) is 14.3 Å². The van der Waals surface area contributed by atoms with Gasteiger partial charge in [0.05, 0.1) is 18.8 Å². The van der Waals surface area contributed by atoms with Crippen molar-refractivity contribution in [3.63, 3.8) is 0 Å². The highest BCUT2D eigenvalue weighted by Gasteiger charge is 2.43. The van der Waals surface area contributed by atoms with Crippen LogP contribution in [0.5, 0.6) is 0 Å². The van der Waals surface area contributed by atoms with Crippen molar-refractivity contribution in [2.45, 2.75) is 39.2 Å². The second-order valence-corrected chi connectivity index (χ2v) is 6.14. The molecule has 2 rings (SSSR count). The summed E-state index contributed by atoms with van der Waals surface area (Å²) in [5.74, 6) is -1.33. The maximum Gasteiger partial charge on any atom is 0.340 e. The minimum absolute atomic E-state index is 0.0551. The third kappa shape index (κ3) is 2.59. The van der Waals surface area contributed by atoms with Crippen molar-refractivity contribution in [3.05, 3.63) is 23.6 Å². The van der Waals surface area contributed by atoms with Gasteiger partial charge in [0.15, 0.2) is 0 Å². The molecule has 0 aliphatic heterocycles. The smallest absolute Gasteiger partial charge is 0.340 e. The molecule has 19 heavy (non-hydrogen) atoms. The molecule has 4 heteroatoms. The number of hydrogen-bond acceptors (Lipinski definition) is 3. The highest BCUT2D eigenvalue weighted by Crippen LogP contribution is 2.49. The van der Waals surface area contributed by atoms with Crippen LogP contribution in [0.25, 0.3) is 0 Å². The van der Waals surface area contributed by atoms with Crippen LogP contribution < -0.4 is 0 Å². The molecule has 106 valence electrons. The molecule has 0 aromatic carbocycles. The molecule has 3 nitrogen and oxygen atoms in total. The highest BCUT2D eigenvalue weighted by molar-refractivity contribution is 5.93. The maximum atomic E-state index is 13.7. The fourth-order valence-electron chi connectivity index (χ4n) is 3.42. The van der Waals surface area contributed by atoms with E-state index in [2.05, 4.69) is 18.6 Å². The van der Waals surface area contributed by atoms with Crippen LogP contribution in [0.2, 0.25) is 0 Å². The number of carbonyl (C=O) groups excluding carboxylic acids is 1. The summed E-state index contributed by atoms with van der Waals surface area (Å²) < 4.78 is 18.3. The Kier molecular flexibility index (Phi) is 3.81. The molecule has 0 aromatic heterocycles. The first-order chi connectivity index (χ1) is 8.86. The van der Waals surface area contributed by atoms with Crippen molar-refractivity contribution in [2.75, 3.05) is 7.11 Å². The van der Waals surface area contributed by atoms with Crippen LogP contribution in [0, 0.1) is 17.3 Å². The van der Waals surface area contributed by atoms with Crippen LogP contribution in [-0.2, 0) is 9.53 Å². The van der Waals surface area contributed by atoms with Crippen molar-refractivity contribution in [1.82, 2.24) is 0 Å². The van der Waals surface area contributed by atoms with Gasteiger partial charge in [0.1, 0.15) is 5.83 Å². The molecule has 2 aliphatic carbocycles. The normalized spacial score (nSPS) is 33.6. The molecule has 0 spiro atoms. The molecule has 0 amide bonds. The van der Waals surface area contributed by atoms with E-state index in [1.54, 1.807) is 6.08 Å². The van der Waals surface area contributed by atoms with E-state index >= 15 is 0 Å². The predicted octanol–water partition coefficient (Wildman–Crippen LogP) is 2.76. The second kappa shape index (κ2) is 5.08. The number of methoxy groups -OCH3 is 1. The molecule has 0 aromatic rings. The lowest BCUT2D eigenvalue weighted by atomic mass is 9.70. The number of rotatable bonds is 2. The van der Waals surface area contributed by atoms with Gasteiger partial charge in [0.2, 0.25) is 0 Å². The Morgan fingerprint density at radius 1 is 1.47 bits per heavy atom. The summed E-state index contributed by atoms with van der Waals surface area (Å²) >= 11 is 0. The summed E-state index contributed by atoms with van der Waals surface area (Å²) in [5.41, 5.74) is 0.0471. The van der Waals surface area contributed by atoms with Gasteiger partial charge in [-0.15, -0.1) is 0 Å². The molecular weight excluding hydrogens is 247 g/mol. The van der Waals surface area contributed by atoms with Crippen LogP contribution in [0.3, 0.4) is 0 Å². The van der Waals surface area contributed by atoms with Crippen molar-refractivity contribution >= 4 is 5.97 Å². The number of halogens is 1. The first-order valence-electron chi connectivity index (χ1n) is 6.72. The summed E-state index contributed by atoms with van der Waals surface area (Å²) in [6, 6.07) is 0. The van der Waals surface area contributed by atoms with Crippen LogP contribution in [0.4, 0.5) is 4.39 Å². The largest absolute Gasteiger partial charge is 0.465 e. The average molecular weight is 268 g/mol. The zero-order valence-electron chi connectivity index (χ0n) is 11.6. The number of ether oxygens (including phenoxy) is 1. The molecule has 0 heterocycles. The number of hydrogen-bond donors (Lipinski definition) is 1. The zero-order chi connectivity index (χ0) is 14.2. The van der Waals surface area contributed by atoms with Crippen molar-refractivity contribution < 1.29 is 19.0 Å². The standard InChI is InChI=1S/C15H21FO3/c1-15(2)6-4-5-11(15)9-7-10(14(18)19-3)12(16)8-13(9)17/h7-9,11,13,17H,4-6H2,1-3H3/t9?,11-,13?/m0/s1. The van der Waals surface area contributed by atoms with E-state index < -0.39 is 17.9 Å². The predicted molar refractivity (Wildman–Crippen MR) is 69.9 cm³/mol. The molecule has 2 aliphatic rings. The maximum absolute atomic E-state index is 13.7. The molecule has 3 atom stereocenters. The molecule has 1 N–H and O–H groups in total. The SMILES string of the molecule is COC(=O)C1=CC([C@@H]2CCCC2(C)C)C(O)C=C1F. The fourth-order valence-corrected chi connectivity index (χ4v) is 3.42. The van der Waals surface area contributed by atoms with Gasteiger partial charge in [-0.3, -0.25) is 0 Å². The van der Waals surface area contributed by atoms with Gasteiger partial charge in [0.25, 0.3) is 0 Å². The molecular formula is C15H21FO3. The van der Waals surface area contributed by atoms with Gasteiger partial charge in [-0.25, -0.2) is 9.18 Å². The summed E-state index contributed by atoms with van der Waals surface area (Å²) in [5, 5.41) is 10.1. The lowest BCUT2D eigenvalue weighted by Crippen LogP contribution is -2.34. The Morgan fingerprint density at radius 2 is 2.16 bits per heavy atom. The van der Waals surface area contributed by atoms with E-state index in [1.807, 2.05) is 0 Å². The molecule has 0 bridgehead atoms. The molecule has 0 radical (unpaired) electrons. The summed E-state index contributed by atoms with van der Waals surface area (Å²) in [4.78, 5) is 11.6. The lowest BCUT2D eigenvalue weighted by molar-refractivity contribution is -0.136. The van der Waals surface area contributed by atoms with Gasteiger partial charge in [0, 0.05) is 5.92 Å². The van der Waals surface area contributed by atoms with E-state index in [0.717, 1.165) is 25.3 Å². The van der Waals surface area contributed by atoms with Gasteiger partial charge in [-0.05, 0) is 30.3 Å². The van der Waals surface area contributed by atoms with Crippen molar-refractivity contribution in [1.29, 1.82) is 0 Å². The van der Waals surface area contributed by atoms with E-state index in [-0.39, 0.29) is 22.8 Å². The van der Waals surface area contributed by atoms with Gasteiger partial charge < -0.3 is 9.84 Å². The Balaban J connectivity index is 2.31. The summed E-state index contributed by atoms with van der Waals surface area (Å²) in [6.07, 6.45) is 5.02. The van der Waals surface area contributed by atoms with Gasteiger partial charge >= 0.3 is 5.97 Å².